The van der Waals surface area contributed by atoms with E-state index in [1.54, 1.807) is 0 Å². The maximum atomic E-state index is 8.82. The van der Waals surface area contributed by atoms with Crippen molar-refractivity contribution in [3.8, 4) is 11.8 Å². The van der Waals surface area contributed by atoms with Crippen molar-refractivity contribution in [2.45, 2.75) is 6.92 Å². The molecule has 2 heteroatoms. The molecule has 1 aromatic heterocycles. The molecule has 0 atom stereocenters. The summed E-state index contributed by atoms with van der Waals surface area (Å²) in [5.41, 5.74) is 2.84. The first-order valence-corrected chi connectivity index (χ1v) is 4.45. The van der Waals surface area contributed by atoms with Crippen molar-refractivity contribution in [2.75, 3.05) is 0 Å². The van der Waals surface area contributed by atoms with Crippen LogP contribution in [0.25, 0.3) is 5.69 Å². The summed E-state index contributed by atoms with van der Waals surface area (Å²) in [6.45, 7) is 1.99. The van der Waals surface area contributed by atoms with E-state index in [0.29, 0.717) is 5.56 Å². The van der Waals surface area contributed by atoms with Crippen LogP contribution >= 0.6 is 0 Å². The molecule has 2 aromatic rings. The Balaban J connectivity index is 2.55. The highest BCUT2D eigenvalue weighted by atomic mass is 14.9. The van der Waals surface area contributed by atoms with Crippen LogP contribution < -0.4 is 0 Å². The monoisotopic (exact) mass is 182 g/mol. The summed E-state index contributed by atoms with van der Waals surface area (Å²) in [5.74, 6) is 0. The topological polar surface area (TPSA) is 28.7 Å². The number of aromatic nitrogens is 1. The minimum atomic E-state index is 0.703. The largest absolute Gasteiger partial charge is 0.324 e. The molecule has 0 aliphatic heterocycles. The molecule has 0 unspecified atom stereocenters. The summed E-state index contributed by atoms with van der Waals surface area (Å²) in [6, 6.07) is 11.9. The Bertz CT molecular complexity index is 476. The summed E-state index contributed by atoms with van der Waals surface area (Å²) >= 11 is 0. The molecule has 14 heavy (non-hydrogen) atoms. The lowest BCUT2D eigenvalue weighted by Crippen LogP contribution is -1.91. The molecule has 0 fully saturated rings. The molecule has 68 valence electrons. The Labute approximate surface area is 83.0 Å². The highest BCUT2D eigenvalue weighted by molar-refractivity contribution is 5.44. The second-order valence-corrected chi connectivity index (χ2v) is 3.26. The number of hydrogen-bond acceptors (Lipinski definition) is 1. The lowest BCUT2D eigenvalue weighted by Gasteiger charge is -2.04. The lowest BCUT2D eigenvalue weighted by atomic mass is 10.1. The molecule has 0 bridgehead atoms. The van der Waals surface area contributed by atoms with Crippen molar-refractivity contribution in [1.29, 1.82) is 5.26 Å². The number of hydrogen-bond donors (Lipinski definition) is 0. The van der Waals surface area contributed by atoms with Crippen molar-refractivity contribution >= 4 is 0 Å². The molecule has 2 nitrogen and oxygen atoms in total. The fraction of sp³-hybridized carbons (Fsp3) is 0.0833. The van der Waals surface area contributed by atoms with E-state index in [4.69, 9.17) is 5.26 Å². The van der Waals surface area contributed by atoms with Crippen LogP contribution in [-0.4, -0.2) is 4.57 Å². The molecule has 0 radical (unpaired) electrons. The first-order valence-electron chi connectivity index (χ1n) is 4.45. The summed E-state index contributed by atoms with van der Waals surface area (Å²) in [6.07, 6.45) is 3.94. The quantitative estimate of drug-likeness (QED) is 0.666. The van der Waals surface area contributed by atoms with Gasteiger partial charge in [0.2, 0.25) is 0 Å². The predicted molar refractivity (Wildman–Crippen MR) is 55.2 cm³/mol. The molecule has 0 spiro atoms. The SMILES string of the molecule is Cc1cc(C#N)cc(-n2cccc2)c1. The van der Waals surface area contributed by atoms with Crippen LogP contribution in [0.5, 0.6) is 0 Å². The lowest BCUT2D eigenvalue weighted by molar-refractivity contribution is 1.07. The zero-order valence-electron chi connectivity index (χ0n) is 7.94. The summed E-state index contributed by atoms with van der Waals surface area (Å²) < 4.78 is 1.99. The molecule has 1 aromatic carbocycles. The molecular formula is C12H10N2. The standard InChI is InChI=1S/C12H10N2/c1-10-6-11(9-13)8-12(7-10)14-4-2-3-5-14/h2-8H,1H3. The van der Waals surface area contributed by atoms with Gasteiger partial charge in [-0.1, -0.05) is 0 Å². The first-order chi connectivity index (χ1) is 6.79. The molecule has 2 rings (SSSR count). The van der Waals surface area contributed by atoms with Gasteiger partial charge in [0.15, 0.2) is 0 Å². The molecule has 0 aliphatic carbocycles. The fourth-order valence-electron chi connectivity index (χ4n) is 1.48. The van der Waals surface area contributed by atoms with Gasteiger partial charge >= 0.3 is 0 Å². The smallest absolute Gasteiger partial charge is 0.0992 e. The van der Waals surface area contributed by atoms with E-state index < -0.39 is 0 Å². The normalized spacial score (nSPS) is 9.71. The van der Waals surface area contributed by atoms with Crippen molar-refractivity contribution in [3.63, 3.8) is 0 Å². The second-order valence-electron chi connectivity index (χ2n) is 3.26. The molecule has 0 amide bonds. The zero-order valence-corrected chi connectivity index (χ0v) is 7.94. The molecule has 0 saturated heterocycles. The van der Waals surface area contributed by atoms with Gasteiger partial charge < -0.3 is 4.57 Å². The highest BCUT2D eigenvalue weighted by Gasteiger charge is 1.98. The van der Waals surface area contributed by atoms with Crippen LogP contribution in [0.2, 0.25) is 0 Å². The van der Waals surface area contributed by atoms with Crippen LogP contribution in [0.15, 0.2) is 42.7 Å². The van der Waals surface area contributed by atoms with Crippen LogP contribution in [0.3, 0.4) is 0 Å². The summed E-state index contributed by atoms with van der Waals surface area (Å²) in [4.78, 5) is 0. The number of aryl methyl sites for hydroxylation is 1. The third kappa shape index (κ3) is 1.53. The van der Waals surface area contributed by atoms with Gasteiger partial charge in [0, 0.05) is 18.1 Å². The van der Waals surface area contributed by atoms with E-state index in [9.17, 15) is 0 Å². The van der Waals surface area contributed by atoms with Gasteiger partial charge in [0.25, 0.3) is 0 Å². The fourth-order valence-corrected chi connectivity index (χ4v) is 1.48. The molecule has 1 heterocycles. The van der Waals surface area contributed by atoms with Gasteiger partial charge in [-0.25, -0.2) is 0 Å². The summed E-state index contributed by atoms with van der Waals surface area (Å²) in [5, 5.41) is 8.82. The van der Waals surface area contributed by atoms with Crippen molar-refractivity contribution in [3.05, 3.63) is 53.9 Å². The van der Waals surface area contributed by atoms with Gasteiger partial charge in [-0.15, -0.1) is 0 Å². The average molecular weight is 182 g/mol. The Morgan fingerprint density at radius 3 is 2.50 bits per heavy atom. The maximum Gasteiger partial charge on any atom is 0.0992 e. The van der Waals surface area contributed by atoms with Gasteiger partial charge in [-0.2, -0.15) is 5.26 Å². The zero-order chi connectivity index (χ0) is 9.97. The van der Waals surface area contributed by atoms with Crippen LogP contribution in [-0.2, 0) is 0 Å². The summed E-state index contributed by atoms with van der Waals surface area (Å²) in [7, 11) is 0. The first kappa shape index (κ1) is 8.58. The van der Waals surface area contributed by atoms with E-state index in [-0.39, 0.29) is 0 Å². The van der Waals surface area contributed by atoms with Crippen molar-refractivity contribution < 1.29 is 0 Å². The van der Waals surface area contributed by atoms with Gasteiger partial charge in [-0.3, -0.25) is 0 Å². The Kier molecular flexibility index (Phi) is 2.08. The molecule has 0 aliphatic rings. The van der Waals surface area contributed by atoms with Crippen LogP contribution in [0.4, 0.5) is 0 Å². The van der Waals surface area contributed by atoms with Crippen LogP contribution in [0, 0.1) is 18.3 Å². The average Bonchev–Trinajstić information content (AvgIpc) is 2.69. The van der Waals surface area contributed by atoms with E-state index in [0.717, 1.165) is 11.3 Å². The maximum absolute atomic E-state index is 8.82. The Morgan fingerprint density at radius 1 is 1.14 bits per heavy atom. The van der Waals surface area contributed by atoms with E-state index in [1.165, 1.54) is 0 Å². The molecule has 0 N–H and O–H groups in total. The predicted octanol–water partition coefficient (Wildman–Crippen LogP) is 2.66. The minimum Gasteiger partial charge on any atom is -0.324 e. The number of nitriles is 1. The Hall–Kier alpha value is -2.01. The van der Waals surface area contributed by atoms with Gasteiger partial charge in [-0.05, 0) is 42.8 Å². The van der Waals surface area contributed by atoms with Crippen LogP contribution in [0.1, 0.15) is 11.1 Å². The molecule has 0 saturated carbocycles. The minimum absolute atomic E-state index is 0.703. The third-order valence-electron chi connectivity index (χ3n) is 2.09. The van der Waals surface area contributed by atoms with E-state index >= 15 is 0 Å². The number of nitrogens with zero attached hydrogens (tertiary/aromatic N) is 2. The number of rotatable bonds is 1. The van der Waals surface area contributed by atoms with Gasteiger partial charge in [0.1, 0.15) is 0 Å². The van der Waals surface area contributed by atoms with Gasteiger partial charge in [0.05, 0.1) is 11.6 Å². The van der Waals surface area contributed by atoms with E-state index in [1.807, 2.05) is 48.1 Å². The number of benzene rings is 1. The van der Waals surface area contributed by atoms with Crippen molar-refractivity contribution in [1.82, 2.24) is 4.57 Å². The second kappa shape index (κ2) is 3.39. The molecular weight excluding hydrogens is 172 g/mol. The Morgan fingerprint density at radius 2 is 1.86 bits per heavy atom. The van der Waals surface area contributed by atoms with E-state index in [2.05, 4.69) is 12.1 Å². The van der Waals surface area contributed by atoms with Crippen molar-refractivity contribution in [2.24, 2.45) is 0 Å². The highest BCUT2D eigenvalue weighted by Crippen LogP contribution is 2.13. The third-order valence-corrected chi connectivity index (χ3v) is 2.09.